The van der Waals surface area contributed by atoms with Crippen LogP contribution in [0.4, 0.5) is 15.8 Å². The van der Waals surface area contributed by atoms with E-state index in [4.69, 9.17) is 0 Å². The van der Waals surface area contributed by atoms with Crippen molar-refractivity contribution < 1.29 is 18.8 Å². The largest absolute Gasteiger partial charge is 0.352 e. The molecule has 37 heavy (non-hydrogen) atoms. The Kier molecular flexibility index (Phi) is 5.03. The van der Waals surface area contributed by atoms with Gasteiger partial charge in [-0.2, -0.15) is 0 Å². The van der Waals surface area contributed by atoms with Crippen LogP contribution < -0.4 is 10.2 Å². The zero-order valence-corrected chi connectivity index (χ0v) is 20.9. The number of nitrogens with one attached hydrogen (secondary N) is 1. The van der Waals surface area contributed by atoms with E-state index in [1.165, 1.54) is 18.2 Å². The maximum Gasteiger partial charge on any atom is 0.238 e. The van der Waals surface area contributed by atoms with Crippen LogP contribution in [0.3, 0.4) is 0 Å². The van der Waals surface area contributed by atoms with Crippen LogP contribution in [0.5, 0.6) is 0 Å². The van der Waals surface area contributed by atoms with E-state index in [1.54, 1.807) is 12.1 Å². The Morgan fingerprint density at radius 2 is 1.62 bits per heavy atom. The molecule has 0 unspecified atom stereocenters. The van der Waals surface area contributed by atoms with E-state index < -0.39 is 40.4 Å². The fourth-order valence-corrected chi connectivity index (χ4v) is 6.39. The minimum atomic E-state index is -1.43. The summed E-state index contributed by atoms with van der Waals surface area (Å²) in [7, 11) is 0. The van der Waals surface area contributed by atoms with Gasteiger partial charge in [0.15, 0.2) is 11.6 Å². The number of anilines is 2. The summed E-state index contributed by atoms with van der Waals surface area (Å²) in [5.41, 5.74) is 0.565. The van der Waals surface area contributed by atoms with Crippen LogP contribution in [0.25, 0.3) is 6.08 Å². The van der Waals surface area contributed by atoms with Gasteiger partial charge < -0.3 is 10.2 Å². The summed E-state index contributed by atoms with van der Waals surface area (Å²) in [5.74, 6) is -2.90. The number of nitrogens with zero attached hydrogens (tertiary/aromatic N) is 1. The number of carbonyl (C=O) groups is 3. The minimum Gasteiger partial charge on any atom is -0.352 e. The quantitative estimate of drug-likeness (QED) is 0.494. The highest BCUT2D eigenvalue weighted by Crippen LogP contribution is 2.58. The van der Waals surface area contributed by atoms with Crippen molar-refractivity contribution in [3.63, 3.8) is 0 Å². The van der Waals surface area contributed by atoms with E-state index in [2.05, 4.69) is 5.32 Å². The van der Waals surface area contributed by atoms with Crippen molar-refractivity contribution in [3.05, 3.63) is 101 Å². The zero-order chi connectivity index (χ0) is 26.1. The van der Waals surface area contributed by atoms with Crippen molar-refractivity contribution in [1.29, 1.82) is 0 Å². The summed E-state index contributed by atoms with van der Waals surface area (Å²) < 4.78 is 15.1. The molecule has 1 fully saturated rings. The van der Waals surface area contributed by atoms with Crippen molar-refractivity contribution in [2.75, 3.05) is 10.2 Å². The molecule has 6 rings (SSSR count). The second-order valence-electron chi connectivity index (χ2n) is 11.0. The van der Waals surface area contributed by atoms with Crippen molar-refractivity contribution in [1.82, 2.24) is 0 Å². The Balaban J connectivity index is 1.70. The zero-order valence-electron chi connectivity index (χ0n) is 20.9. The second-order valence-corrected chi connectivity index (χ2v) is 11.0. The maximum absolute atomic E-state index is 15.1. The summed E-state index contributed by atoms with van der Waals surface area (Å²) in [4.78, 5) is 44.8. The van der Waals surface area contributed by atoms with Gasteiger partial charge >= 0.3 is 0 Å². The predicted octanol–water partition coefficient (Wildman–Crippen LogP) is 5.41. The SMILES string of the molecule is CC(C)(C)C(=O)[C@@H]1[C@H](C(=O)c2ccccc2F)[C@@]2(C(=O)Nc3ccccc32)[C@@H]2C=Cc3ccccc3N12. The number of fused-ring (bicyclic) bond motifs is 6. The molecule has 3 aromatic rings. The summed E-state index contributed by atoms with van der Waals surface area (Å²) in [6.45, 7) is 5.44. The van der Waals surface area contributed by atoms with Gasteiger partial charge in [0, 0.05) is 16.8 Å². The van der Waals surface area contributed by atoms with Crippen LogP contribution in [0.1, 0.15) is 42.3 Å². The highest BCUT2D eigenvalue weighted by Gasteiger charge is 2.70. The molecular formula is C31H27FN2O3. The molecule has 0 bridgehead atoms. The number of rotatable bonds is 3. The maximum atomic E-state index is 15.1. The lowest BCUT2D eigenvalue weighted by Crippen LogP contribution is -2.51. The standard InChI is InChI=1S/C31H27FN2O3/c1-30(2,3)28(36)26-25(27(35)19-11-5-7-13-21(19)32)31(20-12-6-8-14-22(20)33-29(31)37)24-17-16-18-10-4-9-15-23(18)34(24)26/h4-17,24-26H,1-3H3,(H,33,37)/t24-,25+,26-,31-/m0/s1. The highest BCUT2D eigenvalue weighted by atomic mass is 19.1. The van der Waals surface area contributed by atoms with E-state index in [9.17, 15) is 14.4 Å². The molecule has 1 N–H and O–H groups in total. The van der Waals surface area contributed by atoms with Gasteiger partial charge in [-0.25, -0.2) is 4.39 Å². The number of ketones is 2. The number of Topliss-reactive ketones (excluding diaryl/α,β-unsaturated/α-hetero) is 2. The van der Waals surface area contributed by atoms with Crippen LogP contribution in [-0.4, -0.2) is 29.6 Å². The Morgan fingerprint density at radius 1 is 0.946 bits per heavy atom. The third-order valence-corrected chi connectivity index (χ3v) is 7.97. The Hall–Kier alpha value is -4.06. The minimum absolute atomic E-state index is 0.118. The van der Waals surface area contributed by atoms with E-state index in [0.29, 0.717) is 11.3 Å². The number of halogens is 1. The molecule has 5 nitrogen and oxygen atoms in total. The monoisotopic (exact) mass is 494 g/mol. The van der Waals surface area contributed by atoms with E-state index in [-0.39, 0.29) is 17.3 Å². The lowest BCUT2D eigenvalue weighted by molar-refractivity contribution is -0.128. The molecule has 3 aromatic carbocycles. The summed E-state index contributed by atoms with van der Waals surface area (Å²) >= 11 is 0. The van der Waals surface area contributed by atoms with Crippen LogP contribution >= 0.6 is 0 Å². The van der Waals surface area contributed by atoms with Gasteiger partial charge in [0.1, 0.15) is 17.3 Å². The molecule has 0 radical (unpaired) electrons. The first kappa shape index (κ1) is 23.3. The van der Waals surface area contributed by atoms with Gasteiger partial charge in [-0.05, 0) is 35.4 Å². The first-order chi connectivity index (χ1) is 17.7. The molecule has 0 aliphatic carbocycles. The summed E-state index contributed by atoms with van der Waals surface area (Å²) in [6.07, 6.45) is 3.86. The number of carbonyl (C=O) groups excluding carboxylic acids is 3. The van der Waals surface area contributed by atoms with E-state index in [1.807, 2.05) is 80.3 Å². The molecule has 1 amide bonds. The number of para-hydroxylation sites is 2. The molecule has 1 spiro atoms. The molecule has 4 atom stereocenters. The first-order valence-corrected chi connectivity index (χ1v) is 12.5. The highest BCUT2D eigenvalue weighted by molar-refractivity contribution is 6.17. The van der Waals surface area contributed by atoms with Gasteiger partial charge in [-0.3, -0.25) is 14.4 Å². The molecule has 6 heteroatoms. The number of benzene rings is 3. The summed E-state index contributed by atoms with van der Waals surface area (Å²) in [5, 5.41) is 2.98. The fourth-order valence-electron chi connectivity index (χ4n) is 6.39. The van der Waals surface area contributed by atoms with Crippen LogP contribution in [0.2, 0.25) is 0 Å². The Bertz CT molecular complexity index is 1500. The average Bonchev–Trinajstić information content (AvgIpc) is 3.35. The second kappa shape index (κ2) is 7.97. The molecule has 186 valence electrons. The average molecular weight is 495 g/mol. The van der Waals surface area contributed by atoms with E-state index in [0.717, 1.165) is 11.3 Å². The van der Waals surface area contributed by atoms with Gasteiger partial charge in [-0.1, -0.05) is 81.5 Å². The van der Waals surface area contributed by atoms with Gasteiger partial charge in [0.2, 0.25) is 5.91 Å². The van der Waals surface area contributed by atoms with Crippen molar-refractivity contribution in [3.8, 4) is 0 Å². The van der Waals surface area contributed by atoms with Crippen molar-refractivity contribution in [2.24, 2.45) is 11.3 Å². The van der Waals surface area contributed by atoms with Gasteiger partial charge in [0.05, 0.1) is 17.5 Å². The number of hydrogen-bond donors (Lipinski definition) is 1. The molecule has 3 heterocycles. The molecule has 3 aliphatic heterocycles. The number of hydrogen-bond acceptors (Lipinski definition) is 4. The van der Waals surface area contributed by atoms with Crippen molar-refractivity contribution in [2.45, 2.75) is 38.3 Å². The topological polar surface area (TPSA) is 66.5 Å². The lowest BCUT2D eigenvalue weighted by Gasteiger charge is -2.38. The van der Waals surface area contributed by atoms with Crippen molar-refractivity contribution >= 4 is 34.9 Å². The lowest BCUT2D eigenvalue weighted by atomic mass is 9.63. The number of amides is 1. The molecule has 0 aromatic heterocycles. The summed E-state index contributed by atoms with van der Waals surface area (Å²) in [6, 6.07) is 19.1. The van der Waals surface area contributed by atoms with Crippen LogP contribution in [0, 0.1) is 17.2 Å². The van der Waals surface area contributed by atoms with Crippen LogP contribution in [-0.2, 0) is 15.0 Å². The third kappa shape index (κ3) is 3.11. The molecular weight excluding hydrogens is 467 g/mol. The predicted molar refractivity (Wildman–Crippen MR) is 141 cm³/mol. The van der Waals surface area contributed by atoms with Gasteiger partial charge in [0.25, 0.3) is 0 Å². The molecule has 3 aliphatic rings. The first-order valence-electron chi connectivity index (χ1n) is 12.5. The van der Waals surface area contributed by atoms with Crippen LogP contribution in [0.15, 0.2) is 78.9 Å². The third-order valence-electron chi connectivity index (χ3n) is 7.97. The smallest absolute Gasteiger partial charge is 0.238 e. The van der Waals surface area contributed by atoms with E-state index >= 15 is 4.39 Å². The molecule has 0 saturated carbocycles. The molecule has 1 saturated heterocycles. The Labute approximate surface area is 215 Å². The normalized spacial score (nSPS) is 25.5. The fraction of sp³-hybridized carbons (Fsp3) is 0.258. The van der Waals surface area contributed by atoms with Gasteiger partial charge in [-0.15, -0.1) is 0 Å². The Morgan fingerprint density at radius 3 is 2.38 bits per heavy atom.